The molecule has 0 unspecified atom stereocenters. The first-order valence-electron chi connectivity index (χ1n) is 9.97. The number of anilines is 2. The van der Waals surface area contributed by atoms with E-state index in [1.807, 2.05) is 31.2 Å². The molecule has 0 N–H and O–H groups in total. The molecule has 0 aromatic heterocycles. The van der Waals surface area contributed by atoms with Gasteiger partial charge in [0.2, 0.25) is 17.7 Å². The summed E-state index contributed by atoms with van der Waals surface area (Å²) in [6, 6.07) is 13.9. The molecule has 0 saturated carbocycles. The van der Waals surface area contributed by atoms with E-state index in [4.69, 9.17) is 4.74 Å². The van der Waals surface area contributed by atoms with Crippen molar-refractivity contribution < 1.29 is 23.9 Å². The van der Waals surface area contributed by atoms with Crippen molar-refractivity contribution in [1.29, 1.82) is 0 Å². The van der Waals surface area contributed by atoms with Crippen molar-refractivity contribution in [3.8, 4) is 5.75 Å². The Bertz CT molecular complexity index is 1020. The zero-order valence-electron chi connectivity index (χ0n) is 16.7. The molecular weight excluding hydrogens is 384 g/mol. The number of benzene rings is 2. The molecule has 2 aliphatic heterocycles. The van der Waals surface area contributed by atoms with Gasteiger partial charge in [-0.1, -0.05) is 18.2 Å². The molecule has 0 spiro atoms. The van der Waals surface area contributed by atoms with Crippen molar-refractivity contribution in [3.05, 3.63) is 54.1 Å². The van der Waals surface area contributed by atoms with Crippen molar-refractivity contribution in [2.75, 3.05) is 16.3 Å². The zero-order chi connectivity index (χ0) is 21.3. The van der Waals surface area contributed by atoms with Crippen molar-refractivity contribution in [2.45, 2.75) is 32.6 Å². The normalized spacial score (nSPS) is 19.4. The minimum atomic E-state index is -0.583. The highest BCUT2D eigenvalue weighted by Gasteiger charge is 2.36. The topological polar surface area (TPSA) is 84.0 Å². The molecule has 2 saturated heterocycles. The van der Waals surface area contributed by atoms with E-state index in [1.165, 1.54) is 6.07 Å². The minimum absolute atomic E-state index is 0.0789. The number of amides is 3. The van der Waals surface area contributed by atoms with Gasteiger partial charge in [-0.2, -0.15) is 0 Å². The van der Waals surface area contributed by atoms with Crippen LogP contribution < -0.4 is 14.5 Å². The number of imide groups is 1. The van der Waals surface area contributed by atoms with E-state index in [-0.39, 0.29) is 36.4 Å². The second-order valence-corrected chi connectivity index (χ2v) is 7.64. The highest BCUT2D eigenvalue weighted by atomic mass is 16.5. The lowest BCUT2D eigenvalue weighted by Crippen LogP contribution is -2.40. The Labute approximate surface area is 174 Å². The van der Waals surface area contributed by atoms with Crippen LogP contribution in [0.1, 0.15) is 31.2 Å². The Morgan fingerprint density at radius 1 is 0.933 bits per heavy atom. The molecule has 0 bridgehead atoms. The van der Waals surface area contributed by atoms with Gasteiger partial charge in [-0.15, -0.1) is 0 Å². The molecule has 2 fully saturated rings. The Balaban J connectivity index is 1.46. The van der Waals surface area contributed by atoms with E-state index in [2.05, 4.69) is 0 Å². The van der Waals surface area contributed by atoms with Crippen LogP contribution in [0.2, 0.25) is 0 Å². The summed E-state index contributed by atoms with van der Waals surface area (Å²) >= 11 is 0. The molecule has 2 aromatic carbocycles. The van der Waals surface area contributed by atoms with E-state index < -0.39 is 11.9 Å². The fourth-order valence-electron chi connectivity index (χ4n) is 3.84. The summed E-state index contributed by atoms with van der Waals surface area (Å²) in [4.78, 5) is 52.1. The molecule has 4 rings (SSSR count). The number of piperidine rings is 1. The molecular formula is C23H22N2O5. The van der Waals surface area contributed by atoms with Crippen LogP contribution in [0.3, 0.4) is 0 Å². The molecule has 3 amide bonds. The van der Waals surface area contributed by atoms with Crippen LogP contribution in [0.25, 0.3) is 0 Å². The predicted octanol–water partition coefficient (Wildman–Crippen LogP) is 3.00. The second kappa shape index (κ2) is 8.10. The van der Waals surface area contributed by atoms with Crippen molar-refractivity contribution in [1.82, 2.24) is 0 Å². The van der Waals surface area contributed by atoms with Gasteiger partial charge in [0, 0.05) is 37.6 Å². The van der Waals surface area contributed by atoms with Gasteiger partial charge in [0.1, 0.15) is 5.75 Å². The number of carbonyl (C=O) groups excluding carboxylic acids is 4. The van der Waals surface area contributed by atoms with Crippen LogP contribution in [0.5, 0.6) is 5.75 Å². The second-order valence-electron chi connectivity index (χ2n) is 7.64. The van der Waals surface area contributed by atoms with Gasteiger partial charge in [0.15, 0.2) is 0 Å². The van der Waals surface area contributed by atoms with Crippen LogP contribution in [-0.2, 0) is 19.2 Å². The number of nitrogens with zero attached hydrogens (tertiary/aromatic N) is 2. The molecule has 2 heterocycles. The van der Waals surface area contributed by atoms with Gasteiger partial charge in [0.05, 0.1) is 11.6 Å². The molecule has 0 aliphatic carbocycles. The van der Waals surface area contributed by atoms with Gasteiger partial charge in [0.25, 0.3) is 0 Å². The van der Waals surface area contributed by atoms with Gasteiger partial charge in [-0.05, 0) is 43.2 Å². The first kappa shape index (κ1) is 19.8. The number of ether oxygens (including phenoxy) is 1. The third-order valence-corrected chi connectivity index (χ3v) is 5.35. The Morgan fingerprint density at radius 3 is 2.37 bits per heavy atom. The summed E-state index contributed by atoms with van der Waals surface area (Å²) in [5, 5.41) is 0. The Morgan fingerprint density at radius 2 is 1.63 bits per heavy atom. The minimum Gasteiger partial charge on any atom is -0.426 e. The van der Waals surface area contributed by atoms with Gasteiger partial charge >= 0.3 is 5.97 Å². The SMILES string of the molecule is Cc1cccc(N2C[C@@H](C(=O)Oc3cccc(N4C(=O)CCCC4=O)c3)CC2=O)c1. The Hall–Kier alpha value is -3.48. The lowest BCUT2D eigenvalue weighted by Gasteiger charge is -2.25. The molecule has 2 aliphatic rings. The molecule has 30 heavy (non-hydrogen) atoms. The van der Waals surface area contributed by atoms with Crippen molar-refractivity contribution in [3.63, 3.8) is 0 Å². The molecule has 7 heteroatoms. The maximum absolute atomic E-state index is 12.7. The van der Waals surface area contributed by atoms with E-state index in [1.54, 1.807) is 23.1 Å². The van der Waals surface area contributed by atoms with Crippen LogP contribution in [-0.4, -0.2) is 30.2 Å². The van der Waals surface area contributed by atoms with Crippen LogP contribution >= 0.6 is 0 Å². The van der Waals surface area contributed by atoms with E-state index >= 15 is 0 Å². The van der Waals surface area contributed by atoms with E-state index in [0.29, 0.717) is 24.9 Å². The highest BCUT2D eigenvalue weighted by Crippen LogP contribution is 2.29. The average molecular weight is 406 g/mol. The molecule has 0 radical (unpaired) electrons. The first-order valence-corrected chi connectivity index (χ1v) is 9.97. The quantitative estimate of drug-likeness (QED) is 0.443. The van der Waals surface area contributed by atoms with Gasteiger partial charge < -0.3 is 9.64 Å². The molecule has 2 aromatic rings. The number of hydrogen-bond donors (Lipinski definition) is 0. The van der Waals surface area contributed by atoms with Crippen LogP contribution in [0.4, 0.5) is 11.4 Å². The molecule has 1 atom stereocenters. The maximum Gasteiger partial charge on any atom is 0.316 e. The molecule has 154 valence electrons. The standard InChI is InChI=1S/C23H22N2O5/c1-15-5-2-6-17(11-15)24-14-16(12-22(24)28)23(29)30-19-8-3-7-18(13-19)25-20(26)9-4-10-21(25)27/h2-3,5-8,11,13,16H,4,9-10,12,14H2,1H3/t16-/m0/s1. The summed E-state index contributed by atoms with van der Waals surface area (Å²) < 4.78 is 5.49. The number of aryl methyl sites for hydroxylation is 1. The summed E-state index contributed by atoms with van der Waals surface area (Å²) in [5.41, 5.74) is 2.18. The fourth-order valence-corrected chi connectivity index (χ4v) is 3.84. The zero-order valence-corrected chi connectivity index (χ0v) is 16.7. The summed E-state index contributed by atoms with van der Waals surface area (Å²) in [6.45, 7) is 2.20. The highest BCUT2D eigenvalue weighted by molar-refractivity contribution is 6.16. The Kier molecular flexibility index (Phi) is 5.35. The summed E-state index contributed by atoms with van der Waals surface area (Å²) in [7, 11) is 0. The van der Waals surface area contributed by atoms with Crippen molar-refractivity contribution >= 4 is 35.1 Å². The number of hydrogen-bond acceptors (Lipinski definition) is 5. The van der Waals surface area contributed by atoms with Crippen LogP contribution in [0, 0.1) is 12.8 Å². The fraction of sp³-hybridized carbons (Fsp3) is 0.304. The number of esters is 1. The van der Waals surface area contributed by atoms with Crippen molar-refractivity contribution in [2.24, 2.45) is 5.92 Å². The monoisotopic (exact) mass is 406 g/mol. The number of carbonyl (C=O) groups is 4. The third-order valence-electron chi connectivity index (χ3n) is 5.35. The maximum atomic E-state index is 12.7. The summed E-state index contributed by atoms with van der Waals surface area (Å²) in [5.74, 6) is -1.49. The van der Waals surface area contributed by atoms with Crippen LogP contribution in [0.15, 0.2) is 48.5 Å². The van der Waals surface area contributed by atoms with Gasteiger partial charge in [-0.3, -0.25) is 24.1 Å². The number of rotatable bonds is 4. The largest absolute Gasteiger partial charge is 0.426 e. The lowest BCUT2D eigenvalue weighted by molar-refractivity contribution is -0.139. The summed E-state index contributed by atoms with van der Waals surface area (Å²) in [6.07, 6.45) is 1.26. The first-order chi connectivity index (χ1) is 14.4. The van der Waals surface area contributed by atoms with E-state index in [0.717, 1.165) is 16.2 Å². The smallest absolute Gasteiger partial charge is 0.316 e. The lowest BCUT2D eigenvalue weighted by atomic mass is 10.1. The van der Waals surface area contributed by atoms with Gasteiger partial charge in [-0.25, -0.2) is 0 Å². The average Bonchev–Trinajstić information content (AvgIpc) is 3.10. The molecule has 7 nitrogen and oxygen atoms in total. The van der Waals surface area contributed by atoms with E-state index in [9.17, 15) is 19.2 Å². The predicted molar refractivity (Wildman–Crippen MR) is 110 cm³/mol. The third kappa shape index (κ3) is 3.96.